The molecular formula is C11H10N6S2. The van der Waals surface area contributed by atoms with Gasteiger partial charge >= 0.3 is 0 Å². The van der Waals surface area contributed by atoms with E-state index >= 15 is 0 Å². The molecule has 0 amide bonds. The highest BCUT2D eigenvalue weighted by atomic mass is 32.2. The molecule has 3 aromatic rings. The molecule has 3 N–H and O–H groups in total. The Bertz CT molecular complexity index is 684. The third-order valence-corrected chi connectivity index (χ3v) is 4.16. The van der Waals surface area contributed by atoms with E-state index in [-0.39, 0.29) is 0 Å². The van der Waals surface area contributed by atoms with E-state index in [0.717, 1.165) is 21.1 Å². The Morgan fingerprint density at radius 2 is 2.26 bits per heavy atom. The topological polar surface area (TPSA) is 89.6 Å². The van der Waals surface area contributed by atoms with Gasteiger partial charge in [0.05, 0.1) is 16.2 Å². The lowest BCUT2D eigenvalue weighted by molar-refractivity contribution is 1.03. The number of hydrogen-bond donors (Lipinski definition) is 2. The van der Waals surface area contributed by atoms with Gasteiger partial charge in [-0.1, -0.05) is 11.8 Å². The van der Waals surface area contributed by atoms with Crippen molar-refractivity contribution < 1.29 is 0 Å². The van der Waals surface area contributed by atoms with E-state index in [2.05, 4.69) is 25.4 Å². The molecule has 0 saturated heterocycles. The summed E-state index contributed by atoms with van der Waals surface area (Å²) < 4.78 is 0. The predicted octanol–water partition coefficient (Wildman–Crippen LogP) is 2.06. The summed E-state index contributed by atoms with van der Waals surface area (Å²) >= 11 is 3.13. The van der Waals surface area contributed by atoms with Gasteiger partial charge < -0.3 is 5.43 Å². The van der Waals surface area contributed by atoms with E-state index in [0.29, 0.717) is 11.6 Å². The van der Waals surface area contributed by atoms with Crippen molar-refractivity contribution in [1.82, 2.24) is 19.9 Å². The number of fused-ring (bicyclic) bond motifs is 1. The van der Waals surface area contributed by atoms with Crippen molar-refractivity contribution in [3.05, 3.63) is 35.9 Å². The first-order valence-electron chi connectivity index (χ1n) is 5.46. The fourth-order valence-electron chi connectivity index (χ4n) is 1.58. The highest BCUT2D eigenvalue weighted by Gasteiger charge is 2.08. The summed E-state index contributed by atoms with van der Waals surface area (Å²) in [4.78, 5) is 17.9. The summed E-state index contributed by atoms with van der Waals surface area (Å²) in [5, 5.41) is 3.82. The predicted molar refractivity (Wildman–Crippen MR) is 76.8 cm³/mol. The van der Waals surface area contributed by atoms with E-state index < -0.39 is 0 Å². The normalized spacial score (nSPS) is 10.8. The summed E-state index contributed by atoms with van der Waals surface area (Å²) in [6, 6.07) is 3.81. The maximum absolute atomic E-state index is 5.49. The largest absolute Gasteiger partial charge is 0.308 e. The quantitative estimate of drug-likeness (QED) is 0.329. The molecule has 8 heteroatoms. The summed E-state index contributed by atoms with van der Waals surface area (Å²) in [7, 11) is 0. The molecule has 0 saturated carbocycles. The van der Waals surface area contributed by atoms with E-state index in [1.807, 2.05) is 17.5 Å². The van der Waals surface area contributed by atoms with Gasteiger partial charge in [0.1, 0.15) is 17.0 Å². The van der Waals surface area contributed by atoms with Crippen molar-refractivity contribution in [2.24, 2.45) is 5.84 Å². The van der Waals surface area contributed by atoms with Crippen LogP contribution in [0.3, 0.4) is 0 Å². The Hall–Kier alpha value is -1.77. The van der Waals surface area contributed by atoms with Crippen molar-refractivity contribution in [2.75, 3.05) is 5.43 Å². The third kappa shape index (κ3) is 2.65. The Kier molecular flexibility index (Phi) is 3.53. The average molecular weight is 290 g/mol. The first kappa shape index (κ1) is 12.3. The minimum absolute atomic E-state index is 0.638. The fraction of sp³-hybridized carbons (Fsp3) is 0.0909. The number of nitrogens with one attached hydrogen (secondary N) is 1. The van der Waals surface area contributed by atoms with Gasteiger partial charge in [-0.05, 0) is 17.5 Å². The molecule has 0 unspecified atom stereocenters. The zero-order chi connectivity index (χ0) is 13.1. The number of thiophene rings is 1. The number of hydrazine groups is 1. The third-order valence-electron chi connectivity index (χ3n) is 2.41. The SMILES string of the molecule is NNc1nc(CSc2ccncn2)nc2sccc12. The van der Waals surface area contributed by atoms with E-state index in [4.69, 9.17) is 5.84 Å². The van der Waals surface area contributed by atoms with Crippen LogP contribution >= 0.6 is 23.1 Å². The Morgan fingerprint density at radius 3 is 3.05 bits per heavy atom. The maximum atomic E-state index is 5.49. The molecule has 6 nitrogen and oxygen atoms in total. The van der Waals surface area contributed by atoms with Crippen molar-refractivity contribution in [2.45, 2.75) is 10.8 Å². The summed E-state index contributed by atoms with van der Waals surface area (Å²) in [6.07, 6.45) is 3.24. The molecule has 0 spiro atoms. The van der Waals surface area contributed by atoms with Gasteiger partial charge in [-0.25, -0.2) is 25.8 Å². The van der Waals surface area contributed by atoms with Crippen LogP contribution in [0, 0.1) is 0 Å². The van der Waals surface area contributed by atoms with Crippen molar-refractivity contribution in [3.63, 3.8) is 0 Å². The second-order valence-electron chi connectivity index (χ2n) is 3.61. The van der Waals surface area contributed by atoms with Gasteiger partial charge in [-0.15, -0.1) is 11.3 Å². The van der Waals surface area contributed by atoms with Crippen LogP contribution in [-0.2, 0) is 5.75 Å². The van der Waals surface area contributed by atoms with Gasteiger partial charge in [-0.3, -0.25) is 0 Å². The molecule has 19 heavy (non-hydrogen) atoms. The minimum Gasteiger partial charge on any atom is -0.308 e. The summed E-state index contributed by atoms with van der Waals surface area (Å²) in [6.45, 7) is 0. The molecule has 0 bridgehead atoms. The lowest BCUT2D eigenvalue weighted by atomic mass is 10.4. The molecule has 0 aliphatic rings. The number of hydrogen-bond acceptors (Lipinski definition) is 8. The molecule has 3 heterocycles. The zero-order valence-electron chi connectivity index (χ0n) is 9.78. The van der Waals surface area contributed by atoms with Crippen LogP contribution in [0.25, 0.3) is 10.2 Å². The summed E-state index contributed by atoms with van der Waals surface area (Å²) in [5.74, 6) is 7.51. The number of thioether (sulfide) groups is 1. The lowest BCUT2D eigenvalue weighted by Gasteiger charge is -2.04. The van der Waals surface area contributed by atoms with Crippen LogP contribution in [0.5, 0.6) is 0 Å². The second kappa shape index (κ2) is 5.47. The molecular weight excluding hydrogens is 280 g/mol. The number of anilines is 1. The van der Waals surface area contributed by atoms with E-state index in [1.54, 1.807) is 29.3 Å². The molecule has 0 aliphatic carbocycles. The van der Waals surface area contributed by atoms with Crippen LogP contribution in [0.4, 0.5) is 5.82 Å². The summed E-state index contributed by atoms with van der Waals surface area (Å²) in [5.41, 5.74) is 2.62. The Labute approximate surface area is 117 Å². The molecule has 0 fully saturated rings. The molecule has 3 rings (SSSR count). The Morgan fingerprint density at radius 1 is 1.32 bits per heavy atom. The van der Waals surface area contributed by atoms with Crippen LogP contribution in [-0.4, -0.2) is 19.9 Å². The average Bonchev–Trinajstić information content (AvgIpc) is 2.93. The van der Waals surface area contributed by atoms with Gasteiger partial charge in [0, 0.05) is 6.20 Å². The highest BCUT2D eigenvalue weighted by molar-refractivity contribution is 7.98. The van der Waals surface area contributed by atoms with Gasteiger partial charge in [-0.2, -0.15) is 0 Å². The van der Waals surface area contributed by atoms with E-state index in [9.17, 15) is 0 Å². The zero-order valence-corrected chi connectivity index (χ0v) is 11.4. The number of rotatable bonds is 4. The fourth-order valence-corrected chi connectivity index (χ4v) is 3.04. The Balaban J connectivity index is 1.85. The molecule has 0 atom stereocenters. The lowest BCUT2D eigenvalue weighted by Crippen LogP contribution is -2.10. The maximum Gasteiger partial charge on any atom is 0.152 e. The van der Waals surface area contributed by atoms with Crippen LogP contribution in [0.15, 0.2) is 35.1 Å². The van der Waals surface area contributed by atoms with Gasteiger partial charge in [0.25, 0.3) is 0 Å². The number of nitrogens with zero attached hydrogens (tertiary/aromatic N) is 4. The molecule has 0 radical (unpaired) electrons. The van der Waals surface area contributed by atoms with Crippen LogP contribution < -0.4 is 11.3 Å². The monoisotopic (exact) mass is 290 g/mol. The van der Waals surface area contributed by atoms with E-state index in [1.165, 1.54) is 6.33 Å². The van der Waals surface area contributed by atoms with Crippen molar-refractivity contribution in [1.29, 1.82) is 0 Å². The smallest absolute Gasteiger partial charge is 0.152 e. The molecule has 0 aliphatic heterocycles. The van der Waals surface area contributed by atoms with Crippen LogP contribution in [0.1, 0.15) is 5.82 Å². The molecule has 3 aromatic heterocycles. The minimum atomic E-state index is 0.638. The van der Waals surface area contributed by atoms with Crippen molar-refractivity contribution >= 4 is 39.1 Å². The van der Waals surface area contributed by atoms with Crippen molar-refractivity contribution in [3.8, 4) is 0 Å². The number of nitrogen functional groups attached to an aromatic ring is 1. The first-order valence-corrected chi connectivity index (χ1v) is 7.33. The van der Waals surface area contributed by atoms with Gasteiger partial charge in [0.2, 0.25) is 0 Å². The van der Waals surface area contributed by atoms with Gasteiger partial charge in [0.15, 0.2) is 5.82 Å². The standard InChI is InChI=1S/C11H10N6S2/c12-17-10-7-2-4-18-11(7)16-8(15-10)5-19-9-1-3-13-6-14-9/h1-4,6H,5,12H2,(H,15,16,17). The van der Waals surface area contributed by atoms with Crippen LogP contribution in [0.2, 0.25) is 0 Å². The highest BCUT2D eigenvalue weighted by Crippen LogP contribution is 2.26. The second-order valence-corrected chi connectivity index (χ2v) is 5.50. The number of nitrogens with two attached hydrogens (primary N) is 1. The molecule has 96 valence electrons. The molecule has 0 aromatic carbocycles. The number of aromatic nitrogens is 4. The first-order chi connectivity index (χ1) is 9.36.